The molecule has 6 nitrogen and oxygen atoms in total. The van der Waals surface area contributed by atoms with Gasteiger partial charge in [-0.05, 0) is 25.7 Å². The van der Waals surface area contributed by atoms with Crippen LogP contribution in [0.3, 0.4) is 0 Å². The number of nitrogens with one attached hydrogen (secondary N) is 1. The third-order valence-corrected chi connectivity index (χ3v) is 3.79. The highest BCUT2D eigenvalue weighted by molar-refractivity contribution is 5.87. The Labute approximate surface area is 119 Å². The molecule has 1 atom stereocenters. The van der Waals surface area contributed by atoms with Crippen molar-refractivity contribution in [1.82, 2.24) is 10.2 Å². The van der Waals surface area contributed by atoms with E-state index < -0.39 is 12.0 Å². The van der Waals surface area contributed by atoms with Gasteiger partial charge in [-0.3, -0.25) is 14.4 Å². The van der Waals surface area contributed by atoms with Gasteiger partial charge in [-0.1, -0.05) is 12.8 Å². The van der Waals surface area contributed by atoms with Crippen LogP contribution in [0.15, 0.2) is 0 Å². The van der Waals surface area contributed by atoms with Crippen molar-refractivity contribution in [1.29, 1.82) is 0 Å². The molecule has 0 aromatic rings. The monoisotopic (exact) mass is 284 g/mol. The van der Waals surface area contributed by atoms with Crippen LogP contribution >= 0.6 is 0 Å². The van der Waals surface area contributed by atoms with Crippen molar-refractivity contribution in [3.63, 3.8) is 0 Å². The molecule has 2 amide bonds. The van der Waals surface area contributed by atoms with Gasteiger partial charge in [0, 0.05) is 20.0 Å². The van der Waals surface area contributed by atoms with Gasteiger partial charge in [-0.2, -0.15) is 0 Å². The van der Waals surface area contributed by atoms with E-state index in [4.69, 9.17) is 5.11 Å². The predicted molar refractivity (Wildman–Crippen MR) is 74.1 cm³/mol. The fourth-order valence-electron chi connectivity index (χ4n) is 2.74. The summed E-state index contributed by atoms with van der Waals surface area (Å²) in [7, 11) is 0. The van der Waals surface area contributed by atoms with Crippen molar-refractivity contribution in [2.45, 2.75) is 52.0 Å². The van der Waals surface area contributed by atoms with Crippen LogP contribution < -0.4 is 5.32 Å². The molecule has 0 radical (unpaired) electrons. The number of carboxylic acids is 1. The maximum atomic E-state index is 12.5. The predicted octanol–water partition coefficient (Wildman–Crippen LogP) is 1.00. The van der Waals surface area contributed by atoms with Crippen LogP contribution in [-0.4, -0.2) is 46.9 Å². The van der Waals surface area contributed by atoms with Gasteiger partial charge in [0.1, 0.15) is 6.04 Å². The summed E-state index contributed by atoms with van der Waals surface area (Å²) in [6.07, 6.45) is 3.96. The number of carbonyl (C=O) groups is 3. The van der Waals surface area contributed by atoms with E-state index in [0.29, 0.717) is 6.54 Å². The smallest absolute Gasteiger partial charge is 0.305 e. The summed E-state index contributed by atoms with van der Waals surface area (Å²) >= 11 is 0. The Hall–Kier alpha value is -1.59. The second-order valence-corrected chi connectivity index (χ2v) is 5.28. The van der Waals surface area contributed by atoms with Crippen LogP contribution in [0.4, 0.5) is 0 Å². The quantitative estimate of drug-likeness (QED) is 0.730. The summed E-state index contributed by atoms with van der Waals surface area (Å²) in [5.74, 6) is -1.13. The molecule has 0 spiro atoms. The number of rotatable bonds is 7. The second-order valence-electron chi connectivity index (χ2n) is 5.28. The number of carboxylic acid groups (broad SMARTS) is 1. The first kappa shape index (κ1) is 16.5. The number of hydrogen-bond acceptors (Lipinski definition) is 3. The lowest BCUT2D eigenvalue weighted by atomic mass is 9.96. The van der Waals surface area contributed by atoms with Crippen molar-refractivity contribution < 1.29 is 19.5 Å². The van der Waals surface area contributed by atoms with Crippen LogP contribution in [-0.2, 0) is 14.4 Å². The van der Waals surface area contributed by atoms with Crippen LogP contribution in [0.1, 0.15) is 46.0 Å². The third kappa shape index (κ3) is 4.83. The van der Waals surface area contributed by atoms with E-state index in [1.807, 2.05) is 6.92 Å². The molecule has 0 saturated heterocycles. The SMILES string of the molecule is CCN(CCC(=O)O)C(=O)C(NC(C)=O)C1CCCC1. The van der Waals surface area contributed by atoms with Crippen LogP contribution in [0, 0.1) is 5.92 Å². The first-order valence-electron chi connectivity index (χ1n) is 7.23. The van der Waals surface area contributed by atoms with E-state index in [2.05, 4.69) is 5.32 Å². The average Bonchev–Trinajstić information content (AvgIpc) is 2.89. The zero-order valence-corrected chi connectivity index (χ0v) is 12.2. The van der Waals surface area contributed by atoms with Crippen molar-refractivity contribution in [3.8, 4) is 0 Å². The van der Waals surface area contributed by atoms with E-state index in [1.54, 1.807) is 0 Å². The molecule has 0 aromatic carbocycles. The summed E-state index contributed by atoms with van der Waals surface area (Å²) in [6, 6.07) is -0.510. The summed E-state index contributed by atoms with van der Waals surface area (Å²) < 4.78 is 0. The molecule has 1 fully saturated rings. The molecule has 0 bridgehead atoms. The van der Waals surface area contributed by atoms with Gasteiger partial charge < -0.3 is 15.3 Å². The number of hydrogen-bond donors (Lipinski definition) is 2. The molecular formula is C14H24N2O4. The first-order chi connectivity index (χ1) is 9.45. The highest BCUT2D eigenvalue weighted by Crippen LogP contribution is 2.28. The van der Waals surface area contributed by atoms with Crippen LogP contribution in [0.25, 0.3) is 0 Å². The minimum Gasteiger partial charge on any atom is -0.481 e. The fraction of sp³-hybridized carbons (Fsp3) is 0.786. The van der Waals surface area contributed by atoms with Gasteiger partial charge >= 0.3 is 5.97 Å². The normalized spacial score (nSPS) is 16.7. The Morgan fingerprint density at radius 3 is 2.35 bits per heavy atom. The fourth-order valence-corrected chi connectivity index (χ4v) is 2.74. The molecule has 1 unspecified atom stereocenters. The highest BCUT2D eigenvalue weighted by Gasteiger charge is 2.33. The average molecular weight is 284 g/mol. The molecular weight excluding hydrogens is 260 g/mol. The van der Waals surface area contributed by atoms with Crippen molar-refractivity contribution >= 4 is 17.8 Å². The summed E-state index contributed by atoms with van der Waals surface area (Å²) in [6.45, 7) is 3.87. The van der Waals surface area contributed by atoms with E-state index in [-0.39, 0.29) is 30.7 Å². The number of aliphatic carboxylic acids is 1. The van der Waals surface area contributed by atoms with Crippen LogP contribution in [0.5, 0.6) is 0 Å². The van der Waals surface area contributed by atoms with E-state index in [9.17, 15) is 14.4 Å². The van der Waals surface area contributed by atoms with E-state index in [0.717, 1.165) is 25.7 Å². The van der Waals surface area contributed by atoms with Crippen molar-refractivity contribution in [2.24, 2.45) is 5.92 Å². The topological polar surface area (TPSA) is 86.7 Å². The van der Waals surface area contributed by atoms with Gasteiger partial charge in [0.15, 0.2) is 0 Å². The lowest BCUT2D eigenvalue weighted by Gasteiger charge is -2.29. The minimum absolute atomic E-state index is 0.0724. The van der Waals surface area contributed by atoms with Gasteiger partial charge in [0.2, 0.25) is 11.8 Å². The Kier molecular flexibility index (Phi) is 6.48. The maximum Gasteiger partial charge on any atom is 0.305 e. The lowest BCUT2D eigenvalue weighted by Crippen LogP contribution is -2.51. The molecule has 0 heterocycles. The molecule has 6 heteroatoms. The summed E-state index contributed by atoms with van der Waals surface area (Å²) in [5.41, 5.74) is 0. The number of likely N-dealkylation sites (N-methyl/N-ethyl adjacent to an activating group) is 1. The Morgan fingerprint density at radius 1 is 1.30 bits per heavy atom. The molecule has 1 rings (SSSR count). The zero-order valence-electron chi connectivity index (χ0n) is 12.2. The Bertz CT molecular complexity index is 364. The van der Waals surface area contributed by atoms with E-state index >= 15 is 0 Å². The Morgan fingerprint density at radius 2 is 1.90 bits per heavy atom. The number of amides is 2. The van der Waals surface area contributed by atoms with Gasteiger partial charge in [0.05, 0.1) is 6.42 Å². The van der Waals surface area contributed by atoms with E-state index in [1.165, 1.54) is 11.8 Å². The Balaban J connectivity index is 2.73. The minimum atomic E-state index is -0.923. The molecule has 0 aromatic heterocycles. The largest absolute Gasteiger partial charge is 0.481 e. The van der Waals surface area contributed by atoms with Gasteiger partial charge in [-0.25, -0.2) is 0 Å². The molecule has 1 saturated carbocycles. The lowest BCUT2D eigenvalue weighted by molar-refractivity contribution is -0.140. The summed E-state index contributed by atoms with van der Waals surface area (Å²) in [4.78, 5) is 36.0. The molecule has 20 heavy (non-hydrogen) atoms. The summed E-state index contributed by atoms with van der Waals surface area (Å²) in [5, 5.41) is 11.5. The molecule has 0 aliphatic heterocycles. The number of nitrogens with zero attached hydrogens (tertiary/aromatic N) is 1. The molecule has 114 valence electrons. The molecule has 1 aliphatic carbocycles. The van der Waals surface area contributed by atoms with Gasteiger partial charge in [0.25, 0.3) is 0 Å². The van der Waals surface area contributed by atoms with Crippen LogP contribution in [0.2, 0.25) is 0 Å². The van der Waals surface area contributed by atoms with Gasteiger partial charge in [-0.15, -0.1) is 0 Å². The van der Waals surface area contributed by atoms with Crippen molar-refractivity contribution in [2.75, 3.05) is 13.1 Å². The highest BCUT2D eigenvalue weighted by atomic mass is 16.4. The molecule has 2 N–H and O–H groups in total. The van der Waals surface area contributed by atoms with Crippen molar-refractivity contribution in [3.05, 3.63) is 0 Å². The number of carbonyl (C=O) groups excluding carboxylic acids is 2. The second kappa shape index (κ2) is 7.87. The zero-order chi connectivity index (χ0) is 15.1. The third-order valence-electron chi connectivity index (χ3n) is 3.79. The molecule has 1 aliphatic rings. The first-order valence-corrected chi connectivity index (χ1v) is 7.23. The standard InChI is InChI=1S/C14H24N2O4/c1-3-16(9-8-12(18)19)14(20)13(15-10(2)17)11-6-4-5-7-11/h11,13H,3-9H2,1-2H3,(H,15,17)(H,18,19). The maximum absolute atomic E-state index is 12.5.